The van der Waals surface area contributed by atoms with Crippen LogP contribution in [0.4, 0.5) is 17.1 Å². The number of rotatable bonds is 11. The summed E-state index contributed by atoms with van der Waals surface area (Å²) in [4.78, 5) is 27.5. The summed E-state index contributed by atoms with van der Waals surface area (Å²) in [5, 5.41) is 5.70. The highest BCUT2D eigenvalue weighted by molar-refractivity contribution is 7.93. The number of anilines is 3. The Morgan fingerprint density at radius 2 is 1.63 bits per heavy atom. The number of benzene rings is 3. The lowest BCUT2D eigenvalue weighted by Gasteiger charge is -2.28. The highest BCUT2D eigenvalue weighted by Gasteiger charge is 2.30. The molecule has 0 atom stereocenters. The van der Waals surface area contributed by atoms with Crippen LogP contribution >= 0.6 is 0 Å². The number of nitrogens with one attached hydrogen (secondary N) is 2. The normalized spacial score (nSPS) is 14.1. The number of esters is 1. The van der Waals surface area contributed by atoms with Gasteiger partial charge in [-0.15, -0.1) is 0 Å². The molecule has 10 heteroatoms. The summed E-state index contributed by atoms with van der Waals surface area (Å²) in [6.07, 6.45) is 0. The number of ether oxygens (including phenoxy) is 1. The van der Waals surface area contributed by atoms with Crippen molar-refractivity contribution in [3.63, 3.8) is 0 Å². The van der Waals surface area contributed by atoms with Gasteiger partial charge >= 0.3 is 5.97 Å². The second-order valence-electron chi connectivity index (χ2n) is 10.2. The maximum atomic E-state index is 13.3. The minimum absolute atomic E-state index is 0.255. The Hall–Kier alpha value is -4.15. The van der Waals surface area contributed by atoms with E-state index < -0.39 is 21.2 Å². The van der Waals surface area contributed by atoms with E-state index in [-0.39, 0.29) is 12.5 Å². The first-order chi connectivity index (χ1) is 19.5. The van der Waals surface area contributed by atoms with Crippen molar-refractivity contribution < 1.29 is 22.7 Å². The van der Waals surface area contributed by atoms with Crippen LogP contribution in [0.15, 0.2) is 72.8 Å². The van der Waals surface area contributed by atoms with Crippen molar-refractivity contribution in [2.75, 3.05) is 48.7 Å². The van der Waals surface area contributed by atoms with Crippen molar-refractivity contribution in [3.8, 4) is 0 Å². The van der Waals surface area contributed by atoms with Gasteiger partial charge in [-0.05, 0) is 76.8 Å². The van der Waals surface area contributed by atoms with Gasteiger partial charge in [0.2, 0.25) is 10.0 Å². The Morgan fingerprint density at radius 3 is 2.24 bits per heavy atom. The Morgan fingerprint density at radius 1 is 0.951 bits per heavy atom. The topological polar surface area (TPSA) is 108 Å². The number of sulfonamides is 1. The van der Waals surface area contributed by atoms with Crippen LogP contribution in [0, 0.1) is 0 Å². The average molecular weight is 577 g/mol. The summed E-state index contributed by atoms with van der Waals surface area (Å²) in [6.45, 7) is 6.24. The lowest BCUT2D eigenvalue weighted by Crippen LogP contribution is -2.40. The number of hydrogen-bond donors (Lipinski definition) is 2. The predicted molar refractivity (Wildman–Crippen MR) is 164 cm³/mol. The zero-order valence-electron chi connectivity index (χ0n) is 24.0. The van der Waals surface area contributed by atoms with E-state index in [2.05, 4.69) is 10.6 Å². The molecule has 1 amide bonds. The van der Waals surface area contributed by atoms with Crippen LogP contribution in [-0.2, 0) is 19.6 Å². The molecule has 216 valence electrons. The van der Waals surface area contributed by atoms with E-state index >= 15 is 0 Å². The zero-order chi connectivity index (χ0) is 29.7. The van der Waals surface area contributed by atoms with Crippen molar-refractivity contribution in [3.05, 3.63) is 89.5 Å². The first-order valence-corrected chi connectivity index (χ1v) is 15.0. The van der Waals surface area contributed by atoms with E-state index in [0.29, 0.717) is 52.5 Å². The molecule has 0 saturated carbocycles. The first kappa shape index (κ1) is 29.8. The molecule has 0 unspecified atom stereocenters. The molecule has 0 fully saturated rings. The lowest BCUT2D eigenvalue weighted by molar-refractivity contribution is -0.110. The third kappa shape index (κ3) is 6.61. The van der Waals surface area contributed by atoms with Crippen molar-refractivity contribution in [1.29, 1.82) is 0 Å². The number of amides is 1. The maximum absolute atomic E-state index is 13.3. The quantitative estimate of drug-likeness (QED) is 0.247. The monoisotopic (exact) mass is 576 g/mol. The van der Waals surface area contributed by atoms with Gasteiger partial charge in [0.1, 0.15) is 0 Å². The molecular weight excluding hydrogens is 540 g/mol. The standard InChI is InChI=1S/C31H36N4O5S/c1-6-40-31(37)23-12-17-26-27(20-23)33-30(36)28(26)29(22-10-8-7-9-11-22)32-24-13-15-25(16-14-24)35(19-18-34(4)5)41(38,39)21(2)3/h7-17,20-21,32H,6,18-19H2,1-5H3,(H,33,36)/b29-28-. The van der Waals surface area contributed by atoms with Gasteiger partial charge in [0.05, 0.1) is 40.1 Å². The van der Waals surface area contributed by atoms with E-state index in [1.165, 1.54) is 4.31 Å². The third-order valence-corrected chi connectivity index (χ3v) is 8.86. The smallest absolute Gasteiger partial charge is 0.338 e. The molecule has 3 aromatic rings. The molecule has 4 rings (SSSR count). The molecule has 0 radical (unpaired) electrons. The largest absolute Gasteiger partial charge is 0.462 e. The van der Waals surface area contributed by atoms with Crippen LogP contribution in [0.2, 0.25) is 0 Å². The Labute approximate surface area is 241 Å². The van der Waals surface area contributed by atoms with Gasteiger partial charge in [-0.1, -0.05) is 36.4 Å². The van der Waals surface area contributed by atoms with Crippen LogP contribution < -0.4 is 14.9 Å². The van der Waals surface area contributed by atoms with Gasteiger partial charge in [-0.3, -0.25) is 9.10 Å². The number of fused-ring (bicyclic) bond motifs is 1. The average Bonchev–Trinajstić information content (AvgIpc) is 3.27. The lowest BCUT2D eigenvalue weighted by atomic mass is 9.99. The van der Waals surface area contributed by atoms with Crippen LogP contribution in [0.1, 0.15) is 42.3 Å². The predicted octanol–water partition coefficient (Wildman–Crippen LogP) is 4.90. The first-order valence-electron chi connectivity index (χ1n) is 13.5. The van der Waals surface area contributed by atoms with Crippen molar-refractivity contribution in [1.82, 2.24) is 4.90 Å². The molecular formula is C31H36N4O5S. The Bertz CT molecular complexity index is 1550. The molecule has 0 saturated heterocycles. The molecule has 0 aromatic heterocycles. The van der Waals surface area contributed by atoms with Crippen molar-refractivity contribution >= 4 is 50.2 Å². The SMILES string of the molecule is CCOC(=O)c1ccc2c(c1)NC(=O)/C2=C(\Nc1ccc(N(CCN(C)C)S(=O)(=O)C(C)C)cc1)c1ccccc1. The Kier molecular flexibility index (Phi) is 9.14. The highest BCUT2D eigenvalue weighted by atomic mass is 32.2. The maximum Gasteiger partial charge on any atom is 0.338 e. The summed E-state index contributed by atoms with van der Waals surface area (Å²) in [5.74, 6) is -0.760. The minimum Gasteiger partial charge on any atom is -0.462 e. The summed E-state index contributed by atoms with van der Waals surface area (Å²) >= 11 is 0. The minimum atomic E-state index is -3.54. The molecule has 9 nitrogen and oxygen atoms in total. The van der Waals surface area contributed by atoms with E-state index in [9.17, 15) is 18.0 Å². The number of carbonyl (C=O) groups excluding carboxylic acids is 2. The van der Waals surface area contributed by atoms with Gasteiger partial charge < -0.3 is 20.3 Å². The molecule has 1 heterocycles. The zero-order valence-corrected chi connectivity index (χ0v) is 24.8. The number of likely N-dealkylation sites (N-methyl/N-ethyl adjacent to an activating group) is 1. The Balaban J connectivity index is 1.73. The fourth-order valence-corrected chi connectivity index (χ4v) is 5.71. The third-order valence-electron chi connectivity index (χ3n) is 6.67. The molecule has 1 aliphatic heterocycles. The van der Waals surface area contributed by atoms with Gasteiger partial charge in [0, 0.05) is 24.3 Å². The fraction of sp³-hybridized carbons (Fsp3) is 0.290. The van der Waals surface area contributed by atoms with E-state index in [4.69, 9.17) is 4.74 Å². The summed E-state index contributed by atoms with van der Waals surface area (Å²) in [5.41, 5.74) is 4.58. The molecule has 3 aromatic carbocycles. The summed E-state index contributed by atoms with van der Waals surface area (Å²) < 4.78 is 32.8. The van der Waals surface area contributed by atoms with Crippen LogP contribution in [0.25, 0.3) is 11.3 Å². The number of nitrogens with zero attached hydrogens (tertiary/aromatic N) is 2. The molecule has 0 bridgehead atoms. The summed E-state index contributed by atoms with van der Waals surface area (Å²) in [6, 6.07) is 21.6. The van der Waals surface area contributed by atoms with E-state index in [1.807, 2.05) is 49.3 Å². The summed E-state index contributed by atoms with van der Waals surface area (Å²) in [7, 11) is 0.264. The molecule has 0 spiro atoms. The molecule has 1 aliphatic rings. The highest BCUT2D eigenvalue weighted by Crippen LogP contribution is 2.38. The molecule has 41 heavy (non-hydrogen) atoms. The number of carbonyl (C=O) groups is 2. The van der Waals surface area contributed by atoms with Gasteiger partial charge in [0.25, 0.3) is 5.91 Å². The fourth-order valence-electron chi connectivity index (χ4n) is 4.45. The van der Waals surface area contributed by atoms with Crippen molar-refractivity contribution in [2.45, 2.75) is 26.0 Å². The van der Waals surface area contributed by atoms with Gasteiger partial charge in [-0.2, -0.15) is 0 Å². The van der Waals surface area contributed by atoms with Crippen molar-refractivity contribution in [2.24, 2.45) is 0 Å². The van der Waals surface area contributed by atoms with Crippen LogP contribution in [-0.4, -0.2) is 64.2 Å². The van der Waals surface area contributed by atoms with Crippen LogP contribution in [0.3, 0.4) is 0 Å². The van der Waals surface area contributed by atoms with Gasteiger partial charge in [-0.25, -0.2) is 13.2 Å². The van der Waals surface area contributed by atoms with E-state index in [0.717, 1.165) is 5.56 Å². The number of hydrogen-bond acceptors (Lipinski definition) is 7. The molecule has 2 N–H and O–H groups in total. The molecule has 0 aliphatic carbocycles. The van der Waals surface area contributed by atoms with Crippen LogP contribution in [0.5, 0.6) is 0 Å². The second kappa shape index (κ2) is 12.6. The van der Waals surface area contributed by atoms with E-state index in [1.54, 1.807) is 63.2 Å². The van der Waals surface area contributed by atoms with Gasteiger partial charge in [0.15, 0.2) is 0 Å². The second-order valence-corrected chi connectivity index (χ2v) is 12.6.